The second-order valence-corrected chi connectivity index (χ2v) is 7.63. The molecule has 5 rings (SSSR count). The van der Waals surface area contributed by atoms with E-state index in [4.69, 9.17) is 10.5 Å². The largest absolute Gasteiger partial charge is 0.397 e. The second kappa shape index (κ2) is 8.64. The molecule has 0 spiro atoms. The number of fused-ring (bicyclic) bond motifs is 1. The number of carbonyl (C=O) groups excluding carboxylic acids is 1. The van der Waals surface area contributed by atoms with Gasteiger partial charge in [-0.1, -0.05) is 12.1 Å². The Kier molecular flexibility index (Phi) is 5.39. The van der Waals surface area contributed by atoms with Crippen LogP contribution in [0, 0.1) is 0 Å². The highest BCUT2D eigenvalue weighted by atomic mass is 16.5. The molecule has 1 aliphatic heterocycles. The molecule has 1 saturated heterocycles. The number of pyridine rings is 1. The molecule has 4 N–H and O–H groups in total. The number of amides is 1. The number of ether oxygens (including phenoxy) is 1. The van der Waals surface area contributed by atoms with E-state index in [0.29, 0.717) is 24.6 Å². The van der Waals surface area contributed by atoms with E-state index in [1.165, 1.54) is 0 Å². The van der Waals surface area contributed by atoms with Crippen molar-refractivity contribution in [1.29, 1.82) is 0 Å². The van der Waals surface area contributed by atoms with E-state index in [-0.39, 0.29) is 12.3 Å². The molecular weight excluding hydrogens is 406 g/mol. The molecule has 4 aromatic rings. The summed E-state index contributed by atoms with van der Waals surface area (Å²) in [5.41, 5.74) is 10.3. The minimum absolute atomic E-state index is 0.133. The van der Waals surface area contributed by atoms with Gasteiger partial charge in [-0.15, -0.1) is 0 Å². The smallest absolute Gasteiger partial charge is 0.230 e. The van der Waals surface area contributed by atoms with E-state index in [2.05, 4.69) is 36.2 Å². The van der Waals surface area contributed by atoms with Gasteiger partial charge in [-0.3, -0.25) is 9.78 Å². The zero-order valence-corrected chi connectivity index (χ0v) is 17.4. The summed E-state index contributed by atoms with van der Waals surface area (Å²) in [5, 5.41) is 3.89. The molecule has 4 heterocycles. The number of aromatic nitrogens is 4. The Bertz CT molecular complexity index is 1230. The molecule has 32 heavy (non-hydrogen) atoms. The highest BCUT2D eigenvalue weighted by molar-refractivity contribution is 5.93. The maximum atomic E-state index is 12.3. The number of nitrogens with two attached hydrogens (primary N) is 1. The lowest BCUT2D eigenvalue weighted by Crippen LogP contribution is -2.36. The van der Waals surface area contributed by atoms with Crippen molar-refractivity contribution < 1.29 is 9.53 Å². The van der Waals surface area contributed by atoms with Gasteiger partial charge in [0.1, 0.15) is 17.8 Å². The maximum absolute atomic E-state index is 12.3. The average Bonchev–Trinajstić information content (AvgIpc) is 3.26. The number of H-pyrrole nitrogens is 1. The molecule has 9 heteroatoms. The Morgan fingerprint density at radius 1 is 1.09 bits per heavy atom. The lowest BCUT2D eigenvalue weighted by Gasteiger charge is -2.27. The molecule has 0 unspecified atom stereocenters. The molecule has 1 aromatic carbocycles. The summed E-state index contributed by atoms with van der Waals surface area (Å²) in [6.45, 7) is 3.02. The fraction of sp³-hybridized carbons (Fsp3) is 0.217. The monoisotopic (exact) mass is 429 g/mol. The summed E-state index contributed by atoms with van der Waals surface area (Å²) in [6.07, 6.45) is 3.32. The van der Waals surface area contributed by atoms with E-state index in [1.807, 2.05) is 24.3 Å². The minimum atomic E-state index is -0.133. The van der Waals surface area contributed by atoms with Crippen molar-refractivity contribution in [3.05, 3.63) is 60.7 Å². The first-order valence-corrected chi connectivity index (χ1v) is 10.4. The predicted molar refractivity (Wildman–Crippen MR) is 123 cm³/mol. The van der Waals surface area contributed by atoms with E-state index in [1.54, 1.807) is 24.7 Å². The zero-order valence-electron chi connectivity index (χ0n) is 17.4. The Morgan fingerprint density at radius 3 is 2.66 bits per heavy atom. The highest BCUT2D eigenvalue weighted by Gasteiger charge is 2.17. The highest BCUT2D eigenvalue weighted by Crippen LogP contribution is 2.29. The summed E-state index contributed by atoms with van der Waals surface area (Å²) in [4.78, 5) is 31.0. The van der Waals surface area contributed by atoms with Gasteiger partial charge < -0.3 is 25.7 Å². The Hall–Kier alpha value is -3.98. The molecule has 162 valence electrons. The standard InChI is InChI=1S/C23H23N7O2/c24-16-3-6-18(25-13-16)11-21(31)28-17-4-1-15(2-5-17)20-12-19-22(29-20)26-14-27-23(19)30-7-9-32-10-8-30/h1-6,12-14H,7-11,24H2,(H,28,31)(H,26,27,29). The Balaban J connectivity index is 1.31. The topological polar surface area (TPSA) is 122 Å². The summed E-state index contributed by atoms with van der Waals surface area (Å²) in [5.74, 6) is 0.784. The van der Waals surface area contributed by atoms with Crippen LogP contribution in [-0.4, -0.2) is 52.1 Å². The number of anilines is 3. The molecule has 9 nitrogen and oxygen atoms in total. The van der Waals surface area contributed by atoms with Crippen molar-refractivity contribution in [2.45, 2.75) is 6.42 Å². The van der Waals surface area contributed by atoms with Gasteiger partial charge in [0.25, 0.3) is 0 Å². The fourth-order valence-electron chi connectivity index (χ4n) is 3.75. The lowest BCUT2D eigenvalue weighted by molar-refractivity contribution is -0.115. The quantitative estimate of drug-likeness (QED) is 0.446. The van der Waals surface area contributed by atoms with Gasteiger partial charge in [-0.2, -0.15) is 0 Å². The van der Waals surface area contributed by atoms with Crippen LogP contribution in [0.2, 0.25) is 0 Å². The number of benzene rings is 1. The number of carbonyl (C=O) groups is 1. The molecule has 0 radical (unpaired) electrons. The minimum Gasteiger partial charge on any atom is -0.397 e. The van der Waals surface area contributed by atoms with Crippen molar-refractivity contribution in [1.82, 2.24) is 19.9 Å². The van der Waals surface area contributed by atoms with E-state index in [9.17, 15) is 4.79 Å². The fourth-order valence-corrected chi connectivity index (χ4v) is 3.75. The third kappa shape index (κ3) is 4.23. The van der Waals surface area contributed by atoms with Gasteiger partial charge in [-0.05, 0) is 35.9 Å². The van der Waals surface area contributed by atoms with Crippen molar-refractivity contribution in [2.75, 3.05) is 42.3 Å². The second-order valence-electron chi connectivity index (χ2n) is 7.63. The van der Waals surface area contributed by atoms with Crippen LogP contribution in [0.1, 0.15) is 5.69 Å². The van der Waals surface area contributed by atoms with Crippen LogP contribution >= 0.6 is 0 Å². The SMILES string of the molecule is Nc1ccc(CC(=O)Nc2ccc(-c3cc4c(N5CCOCC5)ncnc4[nH]3)cc2)nc1. The molecule has 0 bridgehead atoms. The Labute approximate surface area is 184 Å². The number of nitrogens with zero attached hydrogens (tertiary/aromatic N) is 4. The first-order valence-electron chi connectivity index (χ1n) is 10.4. The van der Waals surface area contributed by atoms with Crippen molar-refractivity contribution >= 4 is 34.1 Å². The van der Waals surface area contributed by atoms with Crippen LogP contribution < -0.4 is 16.0 Å². The van der Waals surface area contributed by atoms with Gasteiger partial charge in [0, 0.05) is 30.2 Å². The first kappa shape index (κ1) is 20.0. The van der Waals surface area contributed by atoms with Crippen LogP contribution in [0.4, 0.5) is 17.2 Å². The van der Waals surface area contributed by atoms with Crippen LogP contribution in [0.15, 0.2) is 55.0 Å². The number of nitrogen functional groups attached to an aromatic ring is 1. The number of rotatable bonds is 5. The van der Waals surface area contributed by atoms with Gasteiger partial charge >= 0.3 is 0 Å². The van der Waals surface area contributed by atoms with E-state index < -0.39 is 0 Å². The number of hydrogen-bond donors (Lipinski definition) is 3. The summed E-state index contributed by atoms with van der Waals surface area (Å²) in [6, 6.07) is 13.2. The van der Waals surface area contributed by atoms with E-state index >= 15 is 0 Å². The molecule has 0 aliphatic carbocycles. The van der Waals surface area contributed by atoms with Gasteiger partial charge in [-0.25, -0.2) is 9.97 Å². The molecule has 1 aliphatic rings. The average molecular weight is 429 g/mol. The van der Waals surface area contributed by atoms with Gasteiger partial charge in [0.05, 0.1) is 36.9 Å². The molecule has 0 saturated carbocycles. The molecule has 0 atom stereocenters. The molecular formula is C23H23N7O2. The zero-order chi connectivity index (χ0) is 21.9. The molecule has 1 fully saturated rings. The Morgan fingerprint density at radius 2 is 1.91 bits per heavy atom. The number of aromatic amines is 1. The summed E-state index contributed by atoms with van der Waals surface area (Å²) < 4.78 is 5.45. The molecule has 3 aromatic heterocycles. The number of hydrogen-bond acceptors (Lipinski definition) is 7. The van der Waals surface area contributed by atoms with Crippen molar-refractivity contribution in [3.63, 3.8) is 0 Å². The van der Waals surface area contributed by atoms with Crippen LogP contribution in [0.3, 0.4) is 0 Å². The molecule has 1 amide bonds. The number of morpholine rings is 1. The third-order valence-electron chi connectivity index (χ3n) is 5.38. The van der Waals surface area contributed by atoms with Crippen molar-refractivity contribution in [3.8, 4) is 11.3 Å². The van der Waals surface area contributed by atoms with Crippen LogP contribution in [-0.2, 0) is 16.0 Å². The summed E-state index contributed by atoms with van der Waals surface area (Å²) >= 11 is 0. The van der Waals surface area contributed by atoms with Gasteiger partial charge in [0.2, 0.25) is 5.91 Å². The van der Waals surface area contributed by atoms with Gasteiger partial charge in [0.15, 0.2) is 0 Å². The lowest BCUT2D eigenvalue weighted by atomic mass is 10.1. The normalized spacial score (nSPS) is 13.9. The van der Waals surface area contributed by atoms with E-state index in [0.717, 1.165) is 46.9 Å². The van der Waals surface area contributed by atoms with Crippen molar-refractivity contribution in [2.24, 2.45) is 0 Å². The summed E-state index contributed by atoms with van der Waals surface area (Å²) in [7, 11) is 0. The number of nitrogens with one attached hydrogen (secondary N) is 2. The predicted octanol–water partition coefficient (Wildman–Crippen LogP) is 2.62. The van der Waals surface area contributed by atoms with Crippen LogP contribution in [0.25, 0.3) is 22.3 Å². The third-order valence-corrected chi connectivity index (χ3v) is 5.38. The maximum Gasteiger partial charge on any atom is 0.230 e. The first-order chi connectivity index (χ1) is 15.7. The van der Waals surface area contributed by atoms with Crippen LogP contribution in [0.5, 0.6) is 0 Å².